The predicted octanol–water partition coefficient (Wildman–Crippen LogP) is 8.09. The van der Waals surface area contributed by atoms with Gasteiger partial charge in [-0.2, -0.15) is 0 Å². The third-order valence-corrected chi connectivity index (χ3v) is 6.06. The lowest BCUT2D eigenvalue weighted by atomic mass is 10.0. The number of aromatic nitrogens is 2. The second-order valence-electron chi connectivity index (χ2n) is 8.45. The highest BCUT2D eigenvalue weighted by Crippen LogP contribution is 2.28. The Morgan fingerprint density at radius 3 is 1.41 bits per heavy atom. The molecule has 164 valence electrons. The van der Waals surface area contributed by atoms with E-state index in [-0.39, 0.29) is 0 Å². The molecule has 6 rings (SSSR count). The lowest BCUT2D eigenvalue weighted by molar-refractivity contribution is 0.619. The molecule has 4 aromatic carbocycles. The maximum Gasteiger partial charge on any atom is 0.227 e. The average molecular weight is 443 g/mol. The number of hydrogen-bond donors (Lipinski definition) is 0. The third-order valence-electron chi connectivity index (χ3n) is 6.06. The first-order valence-electron chi connectivity index (χ1n) is 11.3. The summed E-state index contributed by atoms with van der Waals surface area (Å²) in [6, 6.07) is 28.2. The van der Waals surface area contributed by atoms with E-state index in [0.29, 0.717) is 11.8 Å². The topological polar surface area (TPSA) is 52.1 Å². The molecular formula is C30H22N2O2. The molecule has 0 bridgehead atoms. The van der Waals surface area contributed by atoms with Crippen LogP contribution in [0.1, 0.15) is 22.3 Å². The zero-order valence-electron chi connectivity index (χ0n) is 18.9. The maximum atomic E-state index is 5.92. The highest BCUT2D eigenvalue weighted by molar-refractivity contribution is 5.79. The van der Waals surface area contributed by atoms with Gasteiger partial charge in [-0.05, 0) is 84.6 Å². The average Bonchev–Trinajstić information content (AvgIpc) is 3.48. The minimum Gasteiger partial charge on any atom is -0.436 e. The molecule has 34 heavy (non-hydrogen) atoms. The Labute approximate surface area is 197 Å². The summed E-state index contributed by atoms with van der Waals surface area (Å²) in [4.78, 5) is 9.22. The molecule has 0 fully saturated rings. The fourth-order valence-corrected chi connectivity index (χ4v) is 4.16. The van der Waals surface area contributed by atoms with E-state index in [9.17, 15) is 0 Å². The van der Waals surface area contributed by atoms with Crippen molar-refractivity contribution in [3.05, 3.63) is 107 Å². The van der Waals surface area contributed by atoms with Crippen molar-refractivity contribution in [1.82, 2.24) is 9.97 Å². The van der Waals surface area contributed by atoms with E-state index in [2.05, 4.69) is 72.4 Å². The van der Waals surface area contributed by atoms with Gasteiger partial charge in [0.2, 0.25) is 11.8 Å². The van der Waals surface area contributed by atoms with Crippen molar-refractivity contribution in [1.29, 1.82) is 0 Å². The van der Waals surface area contributed by atoms with E-state index in [0.717, 1.165) is 55.6 Å². The number of para-hydroxylation sites is 4. The van der Waals surface area contributed by atoms with Crippen molar-refractivity contribution >= 4 is 34.4 Å². The van der Waals surface area contributed by atoms with Gasteiger partial charge < -0.3 is 8.83 Å². The van der Waals surface area contributed by atoms with Gasteiger partial charge in [-0.15, -0.1) is 0 Å². The normalized spacial score (nSPS) is 11.7. The summed E-state index contributed by atoms with van der Waals surface area (Å²) in [5, 5.41) is 0. The Balaban J connectivity index is 1.25. The Morgan fingerprint density at radius 2 is 1.00 bits per heavy atom. The summed E-state index contributed by atoms with van der Waals surface area (Å²) < 4.78 is 11.8. The molecule has 0 radical (unpaired) electrons. The fraction of sp³-hybridized carbons (Fsp3) is 0.0667. The lowest BCUT2D eigenvalue weighted by Gasteiger charge is -2.05. The monoisotopic (exact) mass is 442 g/mol. The SMILES string of the molecule is Cc1cc(-c2nc3ccccc3o2)ccc1C=Cc1ccc(-c2nc3ccccc3o2)cc1C. The van der Waals surface area contributed by atoms with Gasteiger partial charge in [0.1, 0.15) is 11.0 Å². The molecular weight excluding hydrogens is 420 g/mol. The van der Waals surface area contributed by atoms with Gasteiger partial charge in [-0.3, -0.25) is 0 Å². The summed E-state index contributed by atoms with van der Waals surface area (Å²) >= 11 is 0. The quantitative estimate of drug-likeness (QED) is 0.259. The molecule has 2 aromatic heterocycles. The van der Waals surface area contributed by atoms with Crippen LogP contribution in [0.25, 0.3) is 57.3 Å². The van der Waals surface area contributed by atoms with E-state index in [1.165, 1.54) is 0 Å². The van der Waals surface area contributed by atoms with Crippen LogP contribution in [0.15, 0.2) is 93.8 Å². The zero-order chi connectivity index (χ0) is 23.1. The predicted molar refractivity (Wildman–Crippen MR) is 137 cm³/mol. The standard InChI is InChI=1S/C30H22N2O2/c1-19-17-23(29-31-25-7-3-5-9-27(25)33-29)15-13-21(19)11-12-22-14-16-24(18-20(22)2)30-32-26-8-4-6-10-28(26)34-30/h3-18H,1-2H3. The molecule has 0 aliphatic heterocycles. The maximum absolute atomic E-state index is 5.92. The van der Waals surface area contributed by atoms with Gasteiger partial charge in [0.25, 0.3) is 0 Å². The molecule has 0 aliphatic carbocycles. The Hall–Kier alpha value is -4.44. The number of nitrogens with zero attached hydrogens (tertiary/aromatic N) is 2. The lowest BCUT2D eigenvalue weighted by Crippen LogP contribution is -1.86. The molecule has 4 heteroatoms. The number of benzene rings is 4. The van der Waals surface area contributed by atoms with Crippen LogP contribution in [0.5, 0.6) is 0 Å². The summed E-state index contributed by atoms with van der Waals surface area (Å²) in [5.74, 6) is 1.29. The Kier molecular flexibility index (Phi) is 4.84. The van der Waals surface area contributed by atoms with Crippen LogP contribution in [0.2, 0.25) is 0 Å². The first-order valence-corrected chi connectivity index (χ1v) is 11.3. The van der Waals surface area contributed by atoms with Crippen molar-refractivity contribution in [2.24, 2.45) is 0 Å². The van der Waals surface area contributed by atoms with Crippen LogP contribution in [-0.2, 0) is 0 Å². The van der Waals surface area contributed by atoms with Crippen molar-refractivity contribution < 1.29 is 8.83 Å². The van der Waals surface area contributed by atoms with Gasteiger partial charge in [0.05, 0.1) is 0 Å². The number of hydrogen-bond acceptors (Lipinski definition) is 4. The summed E-state index contributed by atoms with van der Waals surface area (Å²) in [6.07, 6.45) is 4.29. The Morgan fingerprint density at radius 1 is 0.559 bits per heavy atom. The van der Waals surface area contributed by atoms with Crippen LogP contribution in [0.4, 0.5) is 0 Å². The number of oxazole rings is 2. The van der Waals surface area contributed by atoms with Crippen LogP contribution in [0.3, 0.4) is 0 Å². The van der Waals surface area contributed by atoms with E-state index >= 15 is 0 Å². The first kappa shape index (κ1) is 20.2. The van der Waals surface area contributed by atoms with Gasteiger partial charge in [-0.1, -0.05) is 48.6 Å². The molecule has 0 N–H and O–H groups in total. The van der Waals surface area contributed by atoms with Crippen LogP contribution >= 0.6 is 0 Å². The minimum atomic E-state index is 0.644. The molecule has 0 spiro atoms. The van der Waals surface area contributed by atoms with E-state index in [1.54, 1.807) is 0 Å². The first-order chi connectivity index (χ1) is 16.6. The number of rotatable bonds is 4. The number of aryl methyl sites for hydroxylation is 2. The van der Waals surface area contributed by atoms with Crippen LogP contribution in [-0.4, -0.2) is 9.97 Å². The molecule has 0 saturated heterocycles. The smallest absolute Gasteiger partial charge is 0.227 e. The summed E-state index contributed by atoms with van der Waals surface area (Å²) in [6.45, 7) is 4.21. The molecule has 0 atom stereocenters. The second-order valence-corrected chi connectivity index (χ2v) is 8.45. The Bertz CT molecular complexity index is 1500. The number of fused-ring (bicyclic) bond motifs is 2. The minimum absolute atomic E-state index is 0.644. The third kappa shape index (κ3) is 3.69. The largest absolute Gasteiger partial charge is 0.436 e. The molecule has 0 aliphatic rings. The summed E-state index contributed by atoms with van der Waals surface area (Å²) in [5.41, 5.74) is 9.94. The van der Waals surface area contributed by atoms with Crippen molar-refractivity contribution in [2.45, 2.75) is 13.8 Å². The van der Waals surface area contributed by atoms with Gasteiger partial charge in [-0.25, -0.2) is 9.97 Å². The van der Waals surface area contributed by atoms with Gasteiger partial charge in [0.15, 0.2) is 11.2 Å². The second kappa shape index (κ2) is 8.16. The molecule has 0 unspecified atom stereocenters. The molecule has 0 saturated carbocycles. The molecule has 4 nitrogen and oxygen atoms in total. The van der Waals surface area contributed by atoms with Gasteiger partial charge in [0, 0.05) is 11.1 Å². The van der Waals surface area contributed by atoms with Crippen molar-refractivity contribution in [2.75, 3.05) is 0 Å². The van der Waals surface area contributed by atoms with Crippen LogP contribution in [0, 0.1) is 13.8 Å². The zero-order valence-corrected chi connectivity index (χ0v) is 18.9. The van der Waals surface area contributed by atoms with E-state index in [4.69, 9.17) is 8.83 Å². The highest BCUT2D eigenvalue weighted by Gasteiger charge is 2.10. The van der Waals surface area contributed by atoms with E-state index in [1.807, 2.05) is 48.5 Å². The highest BCUT2D eigenvalue weighted by atomic mass is 16.4. The molecule has 2 heterocycles. The molecule has 0 amide bonds. The van der Waals surface area contributed by atoms with Crippen molar-refractivity contribution in [3.63, 3.8) is 0 Å². The van der Waals surface area contributed by atoms with Crippen molar-refractivity contribution in [3.8, 4) is 22.9 Å². The van der Waals surface area contributed by atoms with E-state index < -0.39 is 0 Å². The van der Waals surface area contributed by atoms with Crippen LogP contribution < -0.4 is 0 Å². The molecule has 6 aromatic rings. The van der Waals surface area contributed by atoms with Gasteiger partial charge >= 0.3 is 0 Å². The fourth-order valence-electron chi connectivity index (χ4n) is 4.16. The summed E-state index contributed by atoms with van der Waals surface area (Å²) in [7, 11) is 0.